The van der Waals surface area contributed by atoms with Crippen LogP contribution < -0.4 is 5.32 Å². The van der Waals surface area contributed by atoms with Crippen LogP contribution in [0.25, 0.3) is 0 Å². The molecule has 2 rings (SSSR count). The lowest BCUT2D eigenvalue weighted by atomic mass is 9.89. The van der Waals surface area contributed by atoms with E-state index in [-0.39, 0.29) is 5.91 Å². The van der Waals surface area contributed by atoms with Gasteiger partial charge in [-0.05, 0) is 61.6 Å². The first-order chi connectivity index (χ1) is 11.1. The first-order valence-electron chi connectivity index (χ1n) is 8.73. The minimum atomic E-state index is -0.949. The highest BCUT2D eigenvalue weighted by molar-refractivity contribution is 5.83. The number of carbonyl (C=O) groups excluding carboxylic acids is 1. The van der Waals surface area contributed by atoms with Crippen molar-refractivity contribution >= 4 is 11.9 Å². The van der Waals surface area contributed by atoms with Gasteiger partial charge in [-0.25, -0.2) is 4.79 Å². The van der Waals surface area contributed by atoms with Crippen molar-refractivity contribution in [2.24, 2.45) is 0 Å². The van der Waals surface area contributed by atoms with Gasteiger partial charge in [0.25, 0.3) is 0 Å². The van der Waals surface area contributed by atoms with Crippen molar-refractivity contribution in [2.75, 3.05) is 0 Å². The van der Waals surface area contributed by atoms with Crippen molar-refractivity contribution in [1.82, 2.24) is 5.32 Å². The fourth-order valence-electron chi connectivity index (χ4n) is 3.21. The van der Waals surface area contributed by atoms with Crippen LogP contribution in [0.1, 0.15) is 62.1 Å². The molecule has 4 heteroatoms. The Labute approximate surface area is 138 Å². The molecule has 126 valence electrons. The van der Waals surface area contributed by atoms with Crippen LogP contribution in [-0.4, -0.2) is 23.0 Å². The van der Waals surface area contributed by atoms with Gasteiger partial charge in [-0.1, -0.05) is 31.5 Å². The summed E-state index contributed by atoms with van der Waals surface area (Å²) in [4.78, 5) is 22.9. The third-order valence-corrected chi connectivity index (χ3v) is 4.49. The van der Waals surface area contributed by atoms with Crippen LogP contribution in [0.3, 0.4) is 0 Å². The Morgan fingerprint density at radius 1 is 1.22 bits per heavy atom. The molecule has 1 amide bonds. The summed E-state index contributed by atoms with van der Waals surface area (Å²) in [5, 5.41) is 11.7. The molecule has 1 aromatic carbocycles. The SMILES string of the molecule is CCCC(NC(=O)CCCc1ccc2c(c1)CCCC2)C(=O)O. The normalized spacial score (nSPS) is 14.8. The van der Waals surface area contributed by atoms with Crippen LogP contribution in [-0.2, 0) is 28.9 Å². The van der Waals surface area contributed by atoms with Crippen molar-refractivity contribution in [1.29, 1.82) is 0 Å². The lowest BCUT2D eigenvalue weighted by Crippen LogP contribution is -2.40. The van der Waals surface area contributed by atoms with E-state index >= 15 is 0 Å². The number of hydrogen-bond donors (Lipinski definition) is 2. The Morgan fingerprint density at radius 3 is 2.65 bits per heavy atom. The number of fused-ring (bicyclic) bond motifs is 1. The van der Waals surface area contributed by atoms with Gasteiger partial charge < -0.3 is 10.4 Å². The molecule has 0 heterocycles. The largest absolute Gasteiger partial charge is 0.480 e. The van der Waals surface area contributed by atoms with Gasteiger partial charge >= 0.3 is 5.97 Å². The predicted octanol–water partition coefficient (Wildman–Crippen LogP) is 3.26. The molecule has 1 atom stereocenters. The molecule has 0 saturated heterocycles. The van der Waals surface area contributed by atoms with Crippen molar-refractivity contribution in [3.05, 3.63) is 34.9 Å². The summed E-state index contributed by atoms with van der Waals surface area (Å²) in [5.74, 6) is -1.11. The molecule has 0 saturated carbocycles. The van der Waals surface area contributed by atoms with Crippen LogP contribution in [0, 0.1) is 0 Å². The summed E-state index contributed by atoms with van der Waals surface area (Å²) in [6.07, 6.45) is 8.13. The average molecular weight is 317 g/mol. The van der Waals surface area contributed by atoms with E-state index in [1.54, 1.807) is 0 Å². The topological polar surface area (TPSA) is 66.4 Å². The van der Waals surface area contributed by atoms with Crippen molar-refractivity contribution in [3.63, 3.8) is 0 Å². The molecule has 0 radical (unpaired) electrons. The van der Waals surface area contributed by atoms with E-state index in [1.807, 2.05) is 6.92 Å². The van der Waals surface area contributed by atoms with E-state index in [2.05, 4.69) is 23.5 Å². The average Bonchev–Trinajstić information content (AvgIpc) is 2.54. The van der Waals surface area contributed by atoms with Gasteiger partial charge in [0.1, 0.15) is 6.04 Å². The van der Waals surface area contributed by atoms with E-state index in [0.717, 1.165) is 19.3 Å². The van der Waals surface area contributed by atoms with Crippen LogP contribution >= 0.6 is 0 Å². The second-order valence-corrected chi connectivity index (χ2v) is 6.41. The van der Waals surface area contributed by atoms with Crippen molar-refractivity contribution < 1.29 is 14.7 Å². The number of rotatable bonds is 8. The lowest BCUT2D eigenvalue weighted by molar-refractivity contribution is -0.142. The molecule has 0 bridgehead atoms. The Kier molecular flexibility index (Phi) is 6.63. The molecular formula is C19H27NO3. The van der Waals surface area contributed by atoms with Gasteiger partial charge in [0.05, 0.1) is 0 Å². The molecule has 0 aliphatic heterocycles. The minimum absolute atomic E-state index is 0.163. The molecule has 4 nitrogen and oxygen atoms in total. The molecule has 23 heavy (non-hydrogen) atoms. The summed E-state index contributed by atoms with van der Waals surface area (Å²) in [6, 6.07) is 5.92. The highest BCUT2D eigenvalue weighted by Gasteiger charge is 2.18. The van der Waals surface area contributed by atoms with Crippen LogP contribution in [0.5, 0.6) is 0 Å². The number of aryl methyl sites for hydroxylation is 3. The molecule has 1 aliphatic rings. The Morgan fingerprint density at radius 2 is 1.96 bits per heavy atom. The third-order valence-electron chi connectivity index (χ3n) is 4.49. The Balaban J connectivity index is 1.78. The van der Waals surface area contributed by atoms with Crippen LogP contribution in [0.4, 0.5) is 0 Å². The molecule has 1 aromatic rings. The molecule has 1 unspecified atom stereocenters. The maximum absolute atomic E-state index is 11.9. The van der Waals surface area contributed by atoms with E-state index in [0.29, 0.717) is 12.8 Å². The third kappa shape index (κ3) is 5.38. The lowest BCUT2D eigenvalue weighted by Gasteiger charge is -2.16. The number of aliphatic carboxylic acids is 1. The highest BCUT2D eigenvalue weighted by Crippen LogP contribution is 2.22. The standard InChI is InChI=1S/C19H27NO3/c1-2-6-17(19(22)23)20-18(21)10-5-7-14-11-12-15-8-3-4-9-16(15)13-14/h11-13,17H,2-10H2,1H3,(H,20,21)(H,22,23). The number of benzene rings is 1. The van der Waals surface area contributed by atoms with Gasteiger partial charge in [-0.3, -0.25) is 4.79 Å². The Bertz CT molecular complexity index is 554. The summed E-state index contributed by atoms with van der Waals surface area (Å²) >= 11 is 0. The van der Waals surface area contributed by atoms with Crippen molar-refractivity contribution in [2.45, 2.75) is 70.8 Å². The predicted molar refractivity (Wildman–Crippen MR) is 90.5 cm³/mol. The number of hydrogen-bond acceptors (Lipinski definition) is 2. The quantitative estimate of drug-likeness (QED) is 0.773. The number of carbonyl (C=O) groups is 2. The first kappa shape index (κ1) is 17.5. The molecule has 0 spiro atoms. The second kappa shape index (κ2) is 8.70. The summed E-state index contributed by atoms with van der Waals surface area (Å²) < 4.78 is 0. The molecule has 2 N–H and O–H groups in total. The Hall–Kier alpha value is -1.84. The van der Waals surface area contributed by atoms with E-state index in [4.69, 9.17) is 5.11 Å². The molecule has 0 aromatic heterocycles. The fraction of sp³-hybridized carbons (Fsp3) is 0.579. The van der Waals surface area contributed by atoms with Gasteiger partial charge in [-0.2, -0.15) is 0 Å². The smallest absolute Gasteiger partial charge is 0.326 e. The summed E-state index contributed by atoms with van der Waals surface area (Å²) in [6.45, 7) is 1.91. The fourth-order valence-corrected chi connectivity index (χ4v) is 3.21. The van der Waals surface area contributed by atoms with Crippen LogP contribution in [0.15, 0.2) is 18.2 Å². The minimum Gasteiger partial charge on any atom is -0.480 e. The van der Waals surface area contributed by atoms with Crippen molar-refractivity contribution in [3.8, 4) is 0 Å². The zero-order valence-corrected chi connectivity index (χ0v) is 13.9. The molecule has 1 aliphatic carbocycles. The van der Waals surface area contributed by atoms with E-state index in [1.165, 1.54) is 42.4 Å². The number of nitrogens with one attached hydrogen (secondary N) is 1. The second-order valence-electron chi connectivity index (χ2n) is 6.41. The molecular weight excluding hydrogens is 290 g/mol. The maximum atomic E-state index is 11.9. The maximum Gasteiger partial charge on any atom is 0.326 e. The van der Waals surface area contributed by atoms with Gasteiger partial charge in [0, 0.05) is 6.42 Å². The van der Waals surface area contributed by atoms with Gasteiger partial charge in [0.15, 0.2) is 0 Å². The monoisotopic (exact) mass is 317 g/mol. The zero-order valence-electron chi connectivity index (χ0n) is 13.9. The van der Waals surface area contributed by atoms with Crippen LogP contribution in [0.2, 0.25) is 0 Å². The highest BCUT2D eigenvalue weighted by atomic mass is 16.4. The first-order valence-corrected chi connectivity index (χ1v) is 8.73. The summed E-state index contributed by atoms with van der Waals surface area (Å²) in [5.41, 5.74) is 4.22. The van der Waals surface area contributed by atoms with Gasteiger partial charge in [-0.15, -0.1) is 0 Å². The number of amides is 1. The van der Waals surface area contributed by atoms with Gasteiger partial charge in [0.2, 0.25) is 5.91 Å². The molecule has 0 fully saturated rings. The van der Waals surface area contributed by atoms with E-state index < -0.39 is 12.0 Å². The van der Waals surface area contributed by atoms with E-state index in [9.17, 15) is 9.59 Å². The number of carboxylic acids is 1. The number of carboxylic acid groups (broad SMARTS) is 1. The zero-order chi connectivity index (χ0) is 16.7. The summed E-state index contributed by atoms with van der Waals surface area (Å²) in [7, 11) is 0.